The van der Waals surface area contributed by atoms with Crippen molar-refractivity contribution < 1.29 is 21.8 Å². The Morgan fingerprint density at radius 3 is 2.50 bits per heavy atom. The van der Waals surface area contributed by atoms with Gasteiger partial charge >= 0.3 is 6.18 Å². The van der Waals surface area contributed by atoms with Crippen molar-refractivity contribution in [2.75, 3.05) is 31.9 Å². The summed E-state index contributed by atoms with van der Waals surface area (Å²) >= 11 is 0. The number of hydrogen-bond acceptors (Lipinski definition) is 3. The third kappa shape index (κ3) is 5.50. The van der Waals surface area contributed by atoms with Gasteiger partial charge in [0.15, 0.2) is 0 Å². The molecule has 2 atom stereocenters. The number of benzene rings is 2. The Morgan fingerprint density at radius 2 is 1.85 bits per heavy atom. The van der Waals surface area contributed by atoms with Gasteiger partial charge in [0.2, 0.25) is 0 Å². The summed E-state index contributed by atoms with van der Waals surface area (Å²) in [7, 11) is -2.12. The van der Waals surface area contributed by atoms with Crippen LogP contribution in [0.15, 0.2) is 42.6 Å². The number of rotatable bonds is 6. The molecule has 0 N–H and O–H groups in total. The summed E-state index contributed by atoms with van der Waals surface area (Å²) < 4.78 is 67.6. The first kappa shape index (κ1) is 24.8. The van der Waals surface area contributed by atoms with E-state index in [0.29, 0.717) is 19.0 Å². The van der Waals surface area contributed by atoms with Gasteiger partial charge < -0.3 is 0 Å². The molecule has 184 valence electrons. The summed E-state index contributed by atoms with van der Waals surface area (Å²) in [6, 6.07) is 9.91. The number of aryl methyl sites for hydroxylation is 1. The predicted molar refractivity (Wildman–Crippen MR) is 126 cm³/mol. The van der Waals surface area contributed by atoms with E-state index in [1.807, 2.05) is 19.1 Å². The van der Waals surface area contributed by atoms with Gasteiger partial charge in [-0.05, 0) is 60.4 Å². The number of nitrogens with zero attached hydrogens (tertiary/aromatic N) is 4. The lowest BCUT2D eigenvalue weighted by molar-refractivity contribution is -0.106. The fraction of sp³-hybridized carbons (Fsp3) is 0.458. The quantitative estimate of drug-likeness (QED) is 0.451. The first-order valence-corrected chi connectivity index (χ1v) is 12.5. The van der Waals surface area contributed by atoms with Crippen molar-refractivity contribution in [2.24, 2.45) is 5.92 Å². The molecule has 0 aliphatic carbocycles. The van der Waals surface area contributed by atoms with Crippen molar-refractivity contribution in [1.29, 1.82) is 0 Å². The minimum Gasteiger partial charge on any atom is -0.293 e. The lowest BCUT2D eigenvalue weighted by Gasteiger charge is -2.42. The summed E-state index contributed by atoms with van der Waals surface area (Å²) in [5.74, 6) is -1.28. The highest BCUT2D eigenvalue weighted by atomic mass is 32.2. The second kappa shape index (κ2) is 9.75. The van der Waals surface area contributed by atoms with Crippen LogP contribution in [0.1, 0.15) is 31.0 Å². The molecule has 2 unspecified atom stereocenters. The summed E-state index contributed by atoms with van der Waals surface area (Å²) in [6.07, 6.45) is -2.74. The number of hydrogen-bond donors (Lipinski definition) is 0. The first-order chi connectivity index (χ1) is 16.0. The van der Waals surface area contributed by atoms with Crippen LogP contribution in [0.5, 0.6) is 0 Å². The number of fused-ring (bicyclic) bond motifs is 1. The van der Waals surface area contributed by atoms with Crippen LogP contribution in [0.25, 0.3) is 16.6 Å². The van der Waals surface area contributed by atoms with E-state index in [4.69, 9.17) is 0 Å². The molecule has 1 aliphatic rings. The van der Waals surface area contributed by atoms with Crippen LogP contribution in [-0.2, 0) is 11.0 Å². The van der Waals surface area contributed by atoms with Crippen LogP contribution in [0, 0.1) is 18.7 Å². The van der Waals surface area contributed by atoms with E-state index in [0.717, 1.165) is 34.3 Å². The zero-order valence-electron chi connectivity index (χ0n) is 19.3. The van der Waals surface area contributed by atoms with Gasteiger partial charge in [0.05, 0.1) is 17.4 Å². The maximum absolute atomic E-state index is 13.3. The summed E-state index contributed by atoms with van der Waals surface area (Å²) in [6.45, 7) is 8.09. The summed E-state index contributed by atoms with van der Waals surface area (Å²) in [5.41, 5.74) is 3.55. The largest absolute Gasteiger partial charge is 0.401 e. The van der Waals surface area contributed by atoms with E-state index in [1.54, 1.807) is 23.0 Å². The molecular weight excluding hydrogens is 468 g/mol. The van der Waals surface area contributed by atoms with Gasteiger partial charge in [-0.2, -0.15) is 18.3 Å². The molecule has 0 saturated carbocycles. The standard InChI is InChI=1S/C24H28F4N4OS/c1-16(2)13-30-8-9-31(34(33)15-24(26,27)28)14-23(30)21-11-18-12-29-32(22(18)10-17(21)3)20-6-4-19(25)5-7-20/h4-7,10-12,16,23H,8-9,13-15H2,1-3H3. The summed E-state index contributed by atoms with van der Waals surface area (Å²) in [5, 5.41) is 5.35. The summed E-state index contributed by atoms with van der Waals surface area (Å²) in [4.78, 5) is 2.27. The molecule has 1 aromatic heterocycles. The molecule has 10 heteroatoms. The van der Waals surface area contributed by atoms with Crippen LogP contribution in [0.3, 0.4) is 0 Å². The van der Waals surface area contributed by atoms with E-state index >= 15 is 0 Å². The number of halogens is 4. The van der Waals surface area contributed by atoms with Crippen molar-refractivity contribution in [3.05, 3.63) is 59.5 Å². The van der Waals surface area contributed by atoms with E-state index in [9.17, 15) is 21.8 Å². The van der Waals surface area contributed by atoms with Crippen LogP contribution in [0.2, 0.25) is 0 Å². The van der Waals surface area contributed by atoms with E-state index < -0.39 is 22.9 Å². The van der Waals surface area contributed by atoms with Gasteiger partial charge in [0.25, 0.3) is 0 Å². The molecule has 34 heavy (non-hydrogen) atoms. The van der Waals surface area contributed by atoms with Gasteiger partial charge in [-0.1, -0.05) is 13.8 Å². The fourth-order valence-corrected chi connectivity index (χ4v) is 5.59. The maximum Gasteiger partial charge on any atom is 0.401 e. The van der Waals surface area contributed by atoms with Gasteiger partial charge in [0, 0.05) is 37.6 Å². The second-order valence-corrected chi connectivity index (χ2v) is 10.6. The molecule has 5 nitrogen and oxygen atoms in total. The molecule has 0 radical (unpaired) electrons. The number of piperazine rings is 1. The van der Waals surface area contributed by atoms with Gasteiger partial charge in [-0.3, -0.25) is 4.90 Å². The predicted octanol–water partition coefficient (Wildman–Crippen LogP) is 5.01. The van der Waals surface area contributed by atoms with Crippen LogP contribution >= 0.6 is 0 Å². The minimum absolute atomic E-state index is 0.188. The Labute approximate surface area is 198 Å². The lowest BCUT2D eigenvalue weighted by atomic mass is 9.96. The SMILES string of the molecule is Cc1cc2c(cnn2-c2ccc(F)cc2)cc1C1CN(S(=O)CC(F)(F)F)CCN1CC(C)C. The molecule has 1 saturated heterocycles. The van der Waals surface area contributed by atoms with E-state index in [1.165, 1.54) is 16.4 Å². The highest BCUT2D eigenvalue weighted by Crippen LogP contribution is 2.33. The molecule has 0 amide bonds. The average Bonchev–Trinajstić information content (AvgIpc) is 3.15. The Hall–Kier alpha value is -2.30. The van der Waals surface area contributed by atoms with Crippen molar-refractivity contribution in [3.8, 4) is 5.69 Å². The molecule has 0 spiro atoms. The molecule has 0 bridgehead atoms. The highest BCUT2D eigenvalue weighted by Gasteiger charge is 2.37. The second-order valence-electron chi connectivity index (χ2n) is 9.17. The van der Waals surface area contributed by atoms with Gasteiger partial charge in [-0.15, -0.1) is 0 Å². The first-order valence-electron chi connectivity index (χ1n) is 11.2. The van der Waals surface area contributed by atoms with Crippen molar-refractivity contribution in [3.63, 3.8) is 0 Å². The smallest absolute Gasteiger partial charge is 0.293 e. The van der Waals surface area contributed by atoms with E-state index in [2.05, 4.69) is 23.8 Å². The van der Waals surface area contributed by atoms with Crippen LogP contribution in [0.4, 0.5) is 17.6 Å². The number of alkyl halides is 3. The Bertz CT molecular complexity index is 1180. The normalized spacial score (nSPS) is 19.2. The molecular formula is C24H28F4N4OS. The maximum atomic E-state index is 13.3. The van der Waals surface area contributed by atoms with E-state index in [-0.39, 0.29) is 18.4 Å². The molecule has 4 rings (SSSR count). The minimum atomic E-state index is -4.47. The van der Waals surface area contributed by atoms with Crippen molar-refractivity contribution in [1.82, 2.24) is 19.0 Å². The third-order valence-electron chi connectivity index (χ3n) is 6.01. The average molecular weight is 497 g/mol. The van der Waals surface area contributed by atoms with Gasteiger partial charge in [0.1, 0.15) is 22.6 Å². The molecule has 3 aromatic rings. The van der Waals surface area contributed by atoms with Crippen molar-refractivity contribution >= 4 is 21.9 Å². The zero-order chi connectivity index (χ0) is 24.6. The Balaban J connectivity index is 1.69. The fourth-order valence-electron chi connectivity index (χ4n) is 4.54. The zero-order valence-corrected chi connectivity index (χ0v) is 20.2. The lowest BCUT2D eigenvalue weighted by Crippen LogP contribution is -2.51. The Morgan fingerprint density at radius 1 is 1.15 bits per heavy atom. The highest BCUT2D eigenvalue weighted by molar-refractivity contribution is 7.82. The van der Waals surface area contributed by atoms with Crippen LogP contribution < -0.4 is 0 Å². The monoisotopic (exact) mass is 496 g/mol. The molecule has 2 heterocycles. The van der Waals surface area contributed by atoms with Crippen LogP contribution in [-0.4, -0.2) is 61.3 Å². The van der Waals surface area contributed by atoms with Crippen molar-refractivity contribution in [2.45, 2.75) is 33.0 Å². The van der Waals surface area contributed by atoms with Gasteiger partial charge in [-0.25, -0.2) is 17.6 Å². The molecule has 1 fully saturated rings. The Kier molecular flexibility index (Phi) is 7.12. The molecule has 2 aromatic carbocycles. The molecule has 1 aliphatic heterocycles. The third-order valence-corrected chi connectivity index (χ3v) is 7.50. The topological polar surface area (TPSA) is 41.4 Å². The number of aromatic nitrogens is 2.